The zero-order valence-corrected chi connectivity index (χ0v) is 11.1. The second-order valence-corrected chi connectivity index (χ2v) is 5.33. The van der Waals surface area contributed by atoms with Gasteiger partial charge in [-0.05, 0) is 34.3 Å². The first kappa shape index (κ1) is 11.6. The van der Waals surface area contributed by atoms with Crippen LogP contribution in [-0.2, 0) is 4.79 Å². The van der Waals surface area contributed by atoms with E-state index in [0.29, 0.717) is 18.0 Å². The molecule has 1 aromatic rings. The van der Waals surface area contributed by atoms with Crippen LogP contribution in [0.15, 0.2) is 15.9 Å². The van der Waals surface area contributed by atoms with E-state index in [-0.39, 0.29) is 11.8 Å². The van der Waals surface area contributed by atoms with Crippen LogP contribution < -0.4 is 5.32 Å². The average molecular weight is 303 g/mol. The van der Waals surface area contributed by atoms with Crippen LogP contribution in [0.3, 0.4) is 0 Å². The molecule has 2 rings (SSSR count). The van der Waals surface area contributed by atoms with Crippen molar-refractivity contribution in [1.82, 2.24) is 10.2 Å². The minimum atomic E-state index is -0.393. The third-order valence-electron chi connectivity index (χ3n) is 2.57. The van der Waals surface area contributed by atoms with Gasteiger partial charge in [-0.3, -0.25) is 9.59 Å². The van der Waals surface area contributed by atoms with Gasteiger partial charge in [-0.2, -0.15) is 0 Å². The molecule has 16 heavy (non-hydrogen) atoms. The number of nitrogens with zero attached hydrogens (tertiary/aromatic N) is 1. The molecule has 0 aromatic carbocycles. The SMILES string of the molecule is CC1C(=O)NCCN1C(=O)c1sccc1Br. The van der Waals surface area contributed by atoms with Gasteiger partial charge in [-0.15, -0.1) is 11.3 Å². The van der Waals surface area contributed by atoms with E-state index in [1.54, 1.807) is 11.8 Å². The molecule has 0 radical (unpaired) electrons. The minimum Gasteiger partial charge on any atom is -0.353 e. The maximum Gasteiger partial charge on any atom is 0.265 e. The average Bonchev–Trinajstić information content (AvgIpc) is 2.68. The molecule has 1 aliphatic heterocycles. The fourth-order valence-electron chi connectivity index (χ4n) is 1.64. The molecule has 1 aromatic heterocycles. The molecule has 1 aliphatic rings. The Hall–Kier alpha value is -0.880. The monoisotopic (exact) mass is 302 g/mol. The van der Waals surface area contributed by atoms with Crippen molar-refractivity contribution in [3.8, 4) is 0 Å². The lowest BCUT2D eigenvalue weighted by molar-refractivity contribution is -0.127. The van der Waals surface area contributed by atoms with Crippen molar-refractivity contribution in [3.05, 3.63) is 20.8 Å². The van der Waals surface area contributed by atoms with E-state index in [0.717, 1.165) is 4.47 Å². The summed E-state index contributed by atoms with van der Waals surface area (Å²) in [5.41, 5.74) is 0. The Morgan fingerprint density at radius 2 is 2.44 bits per heavy atom. The number of carbonyl (C=O) groups excluding carboxylic acids is 2. The summed E-state index contributed by atoms with van der Waals surface area (Å²) >= 11 is 4.72. The van der Waals surface area contributed by atoms with Crippen LogP contribution in [0, 0.1) is 0 Å². The van der Waals surface area contributed by atoms with Crippen molar-refractivity contribution in [2.75, 3.05) is 13.1 Å². The topological polar surface area (TPSA) is 49.4 Å². The molecule has 2 heterocycles. The zero-order chi connectivity index (χ0) is 11.7. The standard InChI is InChI=1S/C10H11BrN2O2S/c1-6-9(14)12-3-4-13(6)10(15)8-7(11)2-5-16-8/h2,5-6H,3-4H2,1H3,(H,12,14). The highest BCUT2D eigenvalue weighted by atomic mass is 79.9. The third kappa shape index (κ3) is 1.99. The molecule has 0 bridgehead atoms. The summed E-state index contributed by atoms with van der Waals surface area (Å²) in [7, 11) is 0. The normalized spacial score (nSPS) is 20.8. The van der Waals surface area contributed by atoms with Crippen molar-refractivity contribution in [2.45, 2.75) is 13.0 Å². The molecule has 1 atom stereocenters. The fraction of sp³-hybridized carbons (Fsp3) is 0.400. The van der Waals surface area contributed by atoms with E-state index in [4.69, 9.17) is 0 Å². The van der Waals surface area contributed by atoms with E-state index < -0.39 is 6.04 Å². The van der Waals surface area contributed by atoms with Crippen LogP contribution in [0.2, 0.25) is 0 Å². The van der Waals surface area contributed by atoms with Gasteiger partial charge in [0.15, 0.2) is 0 Å². The fourth-order valence-corrected chi connectivity index (χ4v) is 3.13. The van der Waals surface area contributed by atoms with Gasteiger partial charge in [-0.1, -0.05) is 0 Å². The molecule has 0 saturated carbocycles. The van der Waals surface area contributed by atoms with E-state index in [1.807, 2.05) is 11.4 Å². The van der Waals surface area contributed by atoms with Crippen LogP contribution in [0.25, 0.3) is 0 Å². The number of hydrogen-bond donors (Lipinski definition) is 1. The van der Waals surface area contributed by atoms with Gasteiger partial charge in [0.05, 0.1) is 0 Å². The molecule has 2 amide bonds. The largest absolute Gasteiger partial charge is 0.353 e. The Morgan fingerprint density at radius 3 is 3.06 bits per heavy atom. The van der Waals surface area contributed by atoms with Gasteiger partial charge in [0.2, 0.25) is 5.91 Å². The summed E-state index contributed by atoms with van der Waals surface area (Å²) in [6, 6.07) is 1.45. The van der Waals surface area contributed by atoms with Gasteiger partial charge in [0, 0.05) is 17.6 Å². The first-order chi connectivity index (χ1) is 7.61. The quantitative estimate of drug-likeness (QED) is 0.854. The summed E-state index contributed by atoms with van der Waals surface area (Å²) in [6.45, 7) is 2.84. The maximum atomic E-state index is 12.2. The van der Waals surface area contributed by atoms with Crippen molar-refractivity contribution < 1.29 is 9.59 Å². The van der Waals surface area contributed by atoms with Crippen molar-refractivity contribution in [2.24, 2.45) is 0 Å². The number of rotatable bonds is 1. The summed E-state index contributed by atoms with van der Waals surface area (Å²) in [5.74, 6) is -0.170. The predicted octanol–water partition coefficient (Wildman–Crippen LogP) is 1.47. The highest BCUT2D eigenvalue weighted by molar-refractivity contribution is 9.10. The van der Waals surface area contributed by atoms with Crippen LogP contribution >= 0.6 is 27.3 Å². The first-order valence-corrected chi connectivity index (χ1v) is 6.60. The lowest BCUT2D eigenvalue weighted by atomic mass is 10.2. The van der Waals surface area contributed by atoms with Crippen molar-refractivity contribution in [3.63, 3.8) is 0 Å². The molecule has 1 saturated heterocycles. The van der Waals surface area contributed by atoms with E-state index in [9.17, 15) is 9.59 Å². The van der Waals surface area contributed by atoms with Gasteiger partial charge in [-0.25, -0.2) is 0 Å². The molecule has 0 spiro atoms. The number of halogens is 1. The smallest absolute Gasteiger partial charge is 0.265 e. The van der Waals surface area contributed by atoms with Crippen molar-refractivity contribution in [1.29, 1.82) is 0 Å². The maximum absolute atomic E-state index is 12.2. The lowest BCUT2D eigenvalue weighted by Gasteiger charge is -2.32. The summed E-state index contributed by atoms with van der Waals surface area (Å²) in [5, 5.41) is 4.59. The Balaban J connectivity index is 2.22. The Bertz CT molecular complexity index is 432. The zero-order valence-electron chi connectivity index (χ0n) is 8.70. The van der Waals surface area contributed by atoms with Crippen LogP contribution in [0.1, 0.15) is 16.6 Å². The van der Waals surface area contributed by atoms with E-state index in [1.165, 1.54) is 11.3 Å². The number of nitrogens with one attached hydrogen (secondary N) is 1. The second-order valence-electron chi connectivity index (χ2n) is 3.56. The summed E-state index contributed by atoms with van der Waals surface area (Å²) < 4.78 is 0.792. The highest BCUT2D eigenvalue weighted by Gasteiger charge is 2.31. The molecule has 6 heteroatoms. The number of hydrogen-bond acceptors (Lipinski definition) is 3. The van der Waals surface area contributed by atoms with Crippen LogP contribution in [-0.4, -0.2) is 35.8 Å². The van der Waals surface area contributed by atoms with Crippen LogP contribution in [0.5, 0.6) is 0 Å². The van der Waals surface area contributed by atoms with Gasteiger partial charge >= 0.3 is 0 Å². The molecule has 0 aliphatic carbocycles. The van der Waals surface area contributed by atoms with E-state index >= 15 is 0 Å². The highest BCUT2D eigenvalue weighted by Crippen LogP contribution is 2.25. The third-order valence-corrected chi connectivity index (χ3v) is 4.40. The molecule has 4 nitrogen and oxygen atoms in total. The van der Waals surface area contributed by atoms with Gasteiger partial charge in [0.25, 0.3) is 5.91 Å². The number of piperazine rings is 1. The minimum absolute atomic E-state index is 0.0794. The van der Waals surface area contributed by atoms with Crippen LogP contribution in [0.4, 0.5) is 0 Å². The molecule has 1 fully saturated rings. The Kier molecular flexibility index (Phi) is 3.30. The number of thiophene rings is 1. The number of amides is 2. The summed E-state index contributed by atoms with van der Waals surface area (Å²) in [6.07, 6.45) is 0. The second kappa shape index (κ2) is 4.55. The van der Waals surface area contributed by atoms with Crippen molar-refractivity contribution >= 4 is 39.1 Å². The Morgan fingerprint density at radius 1 is 1.69 bits per heavy atom. The molecular formula is C10H11BrN2O2S. The Labute approximate surface area is 106 Å². The number of carbonyl (C=O) groups is 2. The lowest BCUT2D eigenvalue weighted by Crippen LogP contribution is -2.55. The molecular weight excluding hydrogens is 292 g/mol. The predicted molar refractivity (Wildman–Crippen MR) is 65.5 cm³/mol. The summed E-state index contributed by atoms with van der Waals surface area (Å²) in [4.78, 5) is 25.9. The van der Waals surface area contributed by atoms with E-state index in [2.05, 4.69) is 21.2 Å². The molecule has 86 valence electrons. The molecule has 1 unspecified atom stereocenters. The first-order valence-electron chi connectivity index (χ1n) is 4.93. The molecule has 1 N–H and O–H groups in total. The van der Waals surface area contributed by atoms with Gasteiger partial charge < -0.3 is 10.2 Å². The van der Waals surface area contributed by atoms with Gasteiger partial charge in [0.1, 0.15) is 10.9 Å².